The summed E-state index contributed by atoms with van der Waals surface area (Å²) in [5.41, 5.74) is 1.36. The van der Waals surface area contributed by atoms with E-state index in [0.717, 1.165) is 0 Å². The molecule has 2 N–H and O–H groups in total. The summed E-state index contributed by atoms with van der Waals surface area (Å²) in [6, 6.07) is 4.95. The minimum absolute atomic E-state index is 0.0205. The first-order chi connectivity index (χ1) is 9.40. The number of rotatable bonds is 7. The SMILES string of the molecule is Cc1ccc(NCCC(=O)NCC(C)C)cc1[N+](=O)[O-]. The third-order valence-electron chi connectivity index (χ3n) is 2.79. The Labute approximate surface area is 118 Å². The zero-order chi connectivity index (χ0) is 15.1. The molecule has 110 valence electrons. The second kappa shape index (κ2) is 7.47. The first-order valence-corrected chi connectivity index (χ1v) is 6.65. The number of hydrogen-bond donors (Lipinski definition) is 2. The molecule has 1 aromatic rings. The van der Waals surface area contributed by atoms with Gasteiger partial charge in [0.05, 0.1) is 4.92 Å². The molecule has 20 heavy (non-hydrogen) atoms. The van der Waals surface area contributed by atoms with E-state index >= 15 is 0 Å². The first kappa shape index (κ1) is 15.9. The molecule has 1 rings (SSSR count). The van der Waals surface area contributed by atoms with Crippen molar-refractivity contribution in [2.75, 3.05) is 18.4 Å². The average molecular weight is 279 g/mol. The van der Waals surface area contributed by atoms with E-state index in [0.29, 0.717) is 36.7 Å². The van der Waals surface area contributed by atoms with Gasteiger partial charge in [-0.2, -0.15) is 0 Å². The maximum absolute atomic E-state index is 11.5. The number of carbonyl (C=O) groups is 1. The molecule has 0 bridgehead atoms. The van der Waals surface area contributed by atoms with Gasteiger partial charge in [-0.05, 0) is 18.9 Å². The molecule has 0 aliphatic rings. The fourth-order valence-corrected chi connectivity index (χ4v) is 1.64. The van der Waals surface area contributed by atoms with Gasteiger partial charge in [-0.15, -0.1) is 0 Å². The van der Waals surface area contributed by atoms with Crippen LogP contribution in [0.25, 0.3) is 0 Å². The Hall–Kier alpha value is -2.11. The Balaban J connectivity index is 2.44. The zero-order valence-corrected chi connectivity index (χ0v) is 12.1. The lowest BCUT2D eigenvalue weighted by atomic mass is 10.2. The van der Waals surface area contributed by atoms with Gasteiger partial charge in [-0.1, -0.05) is 19.9 Å². The molecule has 0 radical (unpaired) electrons. The molecule has 0 saturated heterocycles. The smallest absolute Gasteiger partial charge is 0.274 e. The summed E-state index contributed by atoms with van der Waals surface area (Å²) in [6.45, 7) is 6.87. The van der Waals surface area contributed by atoms with Crippen molar-refractivity contribution in [3.8, 4) is 0 Å². The number of nitrogens with zero attached hydrogens (tertiary/aromatic N) is 1. The highest BCUT2D eigenvalue weighted by Crippen LogP contribution is 2.22. The third kappa shape index (κ3) is 5.26. The zero-order valence-electron chi connectivity index (χ0n) is 12.1. The summed E-state index contributed by atoms with van der Waals surface area (Å²) < 4.78 is 0. The van der Waals surface area contributed by atoms with Crippen molar-refractivity contribution in [1.29, 1.82) is 0 Å². The van der Waals surface area contributed by atoms with Gasteiger partial charge in [0.2, 0.25) is 5.91 Å². The molecule has 0 spiro atoms. The number of anilines is 1. The normalized spacial score (nSPS) is 10.4. The Bertz CT molecular complexity index is 487. The summed E-state index contributed by atoms with van der Waals surface area (Å²) >= 11 is 0. The van der Waals surface area contributed by atoms with Crippen LogP contribution >= 0.6 is 0 Å². The second-order valence-corrected chi connectivity index (χ2v) is 5.13. The second-order valence-electron chi connectivity index (χ2n) is 5.13. The minimum atomic E-state index is -0.407. The number of nitrogens with one attached hydrogen (secondary N) is 2. The van der Waals surface area contributed by atoms with E-state index in [1.54, 1.807) is 19.1 Å². The van der Waals surface area contributed by atoms with E-state index in [4.69, 9.17) is 0 Å². The highest BCUT2D eigenvalue weighted by molar-refractivity contribution is 5.76. The van der Waals surface area contributed by atoms with Crippen LogP contribution in [0.5, 0.6) is 0 Å². The monoisotopic (exact) mass is 279 g/mol. The third-order valence-corrected chi connectivity index (χ3v) is 2.79. The maximum atomic E-state index is 11.5. The van der Waals surface area contributed by atoms with Crippen molar-refractivity contribution in [2.24, 2.45) is 5.92 Å². The van der Waals surface area contributed by atoms with E-state index in [1.165, 1.54) is 6.07 Å². The van der Waals surface area contributed by atoms with Gasteiger partial charge in [-0.3, -0.25) is 14.9 Å². The summed E-state index contributed by atoms with van der Waals surface area (Å²) in [5.74, 6) is 0.402. The van der Waals surface area contributed by atoms with Crippen LogP contribution in [-0.4, -0.2) is 23.9 Å². The lowest BCUT2D eigenvalue weighted by Gasteiger charge is -2.09. The molecule has 0 heterocycles. The van der Waals surface area contributed by atoms with Gasteiger partial charge in [0.1, 0.15) is 0 Å². The number of nitro groups is 1. The van der Waals surface area contributed by atoms with Gasteiger partial charge < -0.3 is 10.6 Å². The summed E-state index contributed by atoms with van der Waals surface area (Å²) in [4.78, 5) is 21.9. The van der Waals surface area contributed by atoms with Crippen molar-refractivity contribution in [2.45, 2.75) is 27.2 Å². The molecule has 1 amide bonds. The maximum Gasteiger partial charge on any atom is 0.274 e. The van der Waals surface area contributed by atoms with Crippen LogP contribution in [0.3, 0.4) is 0 Å². The highest BCUT2D eigenvalue weighted by atomic mass is 16.6. The van der Waals surface area contributed by atoms with Crippen molar-refractivity contribution < 1.29 is 9.72 Å². The van der Waals surface area contributed by atoms with Crippen molar-refractivity contribution >= 4 is 17.3 Å². The lowest BCUT2D eigenvalue weighted by molar-refractivity contribution is -0.385. The standard InChI is InChI=1S/C14H21N3O3/c1-10(2)9-16-14(18)6-7-15-12-5-4-11(3)13(8-12)17(19)20/h4-5,8,10,15H,6-7,9H2,1-3H3,(H,16,18). The molecule has 0 aliphatic carbocycles. The Morgan fingerprint density at radius 3 is 2.70 bits per heavy atom. The number of aryl methyl sites for hydroxylation is 1. The number of benzene rings is 1. The molecular weight excluding hydrogens is 258 g/mol. The summed E-state index contributed by atoms with van der Waals surface area (Å²) in [5, 5.41) is 16.7. The fourth-order valence-electron chi connectivity index (χ4n) is 1.64. The topological polar surface area (TPSA) is 84.3 Å². The first-order valence-electron chi connectivity index (χ1n) is 6.65. The molecular formula is C14H21N3O3. The minimum Gasteiger partial charge on any atom is -0.384 e. The Morgan fingerprint density at radius 2 is 2.10 bits per heavy atom. The molecule has 0 aromatic heterocycles. The highest BCUT2D eigenvalue weighted by Gasteiger charge is 2.10. The summed E-state index contributed by atoms with van der Waals surface area (Å²) in [6.07, 6.45) is 0.342. The van der Waals surface area contributed by atoms with Crippen LogP contribution < -0.4 is 10.6 Å². The van der Waals surface area contributed by atoms with E-state index in [-0.39, 0.29) is 11.6 Å². The molecule has 6 nitrogen and oxygen atoms in total. The quantitative estimate of drug-likeness (QED) is 0.593. The van der Waals surface area contributed by atoms with Crippen LogP contribution in [0.1, 0.15) is 25.8 Å². The number of carbonyl (C=O) groups excluding carboxylic acids is 1. The van der Waals surface area contributed by atoms with Crippen molar-refractivity contribution in [1.82, 2.24) is 5.32 Å². The van der Waals surface area contributed by atoms with Gasteiger partial charge >= 0.3 is 0 Å². The number of amides is 1. The van der Waals surface area contributed by atoms with Gasteiger partial charge in [0.15, 0.2) is 0 Å². The number of nitro benzene ring substituents is 1. The molecule has 6 heteroatoms. The van der Waals surface area contributed by atoms with Crippen LogP contribution in [0.2, 0.25) is 0 Å². The molecule has 0 atom stereocenters. The van der Waals surface area contributed by atoms with Gasteiger partial charge in [0.25, 0.3) is 5.69 Å². The Morgan fingerprint density at radius 1 is 1.40 bits per heavy atom. The molecule has 0 aliphatic heterocycles. The largest absolute Gasteiger partial charge is 0.384 e. The molecule has 1 aromatic carbocycles. The van der Waals surface area contributed by atoms with Crippen molar-refractivity contribution in [3.05, 3.63) is 33.9 Å². The van der Waals surface area contributed by atoms with Crippen LogP contribution in [-0.2, 0) is 4.79 Å². The van der Waals surface area contributed by atoms with E-state index in [9.17, 15) is 14.9 Å². The number of hydrogen-bond acceptors (Lipinski definition) is 4. The molecule has 0 unspecified atom stereocenters. The predicted octanol–water partition coefficient (Wildman–Crippen LogP) is 2.48. The van der Waals surface area contributed by atoms with Crippen LogP contribution in [0.15, 0.2) is 18.2 Å². The van der Waals surface area contributed by atoms with Gasteiger partial charge in [-0.25, -0.2) is 0 Å². The predicted molar refractivity (Wildman–Crippen MR) is 78.8 cm³/mol. The molecule has 0 fully saturated rings. The lowest BCUT2D eigenvalue weighted by Crippen LogP contribution is -2.28. The van der Waals surface area contributed by atoms with Crippen LogP contribution in [0.4, 0.5) is 11.4 Å². The average Bonchev–Trinajstić information content (AvgIpc) is 2.38. The Kier molecular flexibility index (Phi) is 5.96. The molecule has 0 saturated carbocycles. The fraction of sp³-hybridized carbons (Fsp3) is 0.500. The van der Waals surface area contributed by atoms with E-state index in [2.05, 4.69) is 10.6 Å². The van der Waals surface area contributed by atoms with Crippen LogP contribution in [0, 0.1) is 23.0 Å². The van der Waals surface area contributed by atoms with Crippen molar-refractivity contribution in [3.63, 3.8) is 0 Å². The summed E-state index contributed by atoms with van der Waals surface area (Å²) in [7, 11) is 0. The van der Waals surface area contributed by atoms with E-state index < -0.39 is 4.92 Å². The van der Waals surface area contributed by atoms with Gasteiger partial charge in [0, 0.05) is 36.8 Å². The van der Waals surface area contributed by atoms with E-state index in [1.807, 2.05) is 13.8 Å².